The Hall–Kier alpha value is -0.0800. The molecule has 0 bridgehead atoms. The molecule has 19 heavy (non-hydrogen) atoms. The fourth-order valence-corrected chi connectivity index (χ4v) is 3.02. The van der Waals surface area contributed by atoms with Gasteiger partial charge in [-0.2, -0.15) is 0 Å². The maximum absolute atomic E-state index is 5.70. The van der Waals surface area contributed by atoms with Crippen molar-refractivity contribution in [3.8, 4) is 0 Å². The summed E-state index contributed by atoms with van der Waals surface area (Å²) in [5, 5.41) is 3.67. The summed E-state index contributed by atoms with van der Waals surface area (Å²) in [4.78, 5) is 0. The summed E-state index contributed by atoms with van der Waals surface area (Å²) in [6.07, 6.45) is 13.7. The molecule has 0 aromatic heterocycles. The third-order valence-electron chi connectivity index (χ3n) is 4.41. The molecule has 1 aliphatic rings. The highest BCUT2D eigenvalue weighted by atomic mass is 16.5. The minimum absolute atomic E-state index is 0.742. The molecule has 2 atom stereocenters. The van der Waals surface area contributed by atoms with E-state index in [9.17, 15) is 0 Å². The first kappa shape index (κ1) is 17.0. The van der Waals surface area contributed by atoms with E-state index in [1.165, 1.54) is 64.2 Å². The van der Waals surface area contributed by atoms with Gasteiger partial charge in [0.05, 0.1) is 6.61 Å². The topological polar surface area (TPSA) is 21.3 Å². The lowest BCUT2D eigenvalue weighted by Gasteiger charge is -2.29. The van der Waals surface area contributed by atoms with Gasteiger partial charge < -0.3 is 10.1 Å². The van der Waals surface area contributed by atoms with Gasteiger partial charge in [0.25, 0.3) is 0 Å². The van der Waals surface area contributed by atoms with Crippen LogP contribution in [-0.2, 0) is 4.74 Å². The van der Waals surface area contributed by atoms with Crippen molar-refractivity contribution in [2.24, 2.45) is 5.92 Å². The fraction of sp³-hybridized carbons (Fsp3) is 1.00. The van der Waals surface area contributed by atoms with E-state index in [4.69, 9.17) is 4.74 Å². The molecule has 0 saturated heterocycles. The summed E-state index contributed by atoms with van der Waals surface area (Å²) in [6.45, 7) is 7.52. The summed E-state index contributed by atoms with van der Waals surface area (Å²) in [6, 6.07) is 0.742. The van der Waals surface area contributed by atoms with Crippen molar-refractivity contribution < 1.29 is 4.74 Å². The van der Waals surface area contributed by atoms with Gasteiger partial charge in [-0.1, -0.05) is 58.8 Å². The van der Waals surface area contributed by atoms with Gasteiger partial charge in [0.2, 0.25) is 0 Å². The van der Waals surface area contributed by atoms with Crippen LogP contribution in [0.2, 0.25) is 0 Å². The van der Waals surface area contributed by atoms with Gasteiger partial charge in [0.15, 0.2) is 0 Å². The van der Waals surface area contributed by atoms with Gasteiger partial charge in [-0.25, -0.2) is 0 Å². The summed E-state index contributed by atoms with van der Waals surface area (Å²) in [7, 11) is 0. The summed E-state index contributed by atoms with van der Waals surface area (Å²) in [5.74, 6) is 0.854. The molecule has 2 heteroatoms. The van der Waals surface area contributed by atoms with Gasteiger partial charge in [0, 0.05) is 19.2 Å². The van der Waals surface area contributed by atoms with Crippen molar-refractivity contribution in [3.05, 3.63) is 0 Å². The van der Waals surface area contributed by atoms with E-state index in [1.54, 1.807) is 0 Å². The van der Waals surface area contributed by atoms with E-state index in [-0.39, 0.29) is 0 Å². The monoisotopic (exact) mass is 269 g/mol. The first-order valence-electron chi connectivity index (χ1n) is 8.65. The van der Waals surface area contributed by atoms with E-state index in [0.717, 1.165) is 31.7 Å². The maximum atomic E-state index is 5.70. The molecule has 1 N–H and O–H groups in total. The molecular formula is C17H35NO. The molecule has 1 rings (SSSR count). The van der Waals surface area contributed by atoms with Crippen LogP contribution < -0.4 is 5.32 Å². The molecular weight excluding hydrogens is 234 g/mol. The number of unbranched alkanes of at least 4 members (excludes halogenated alkanes) is 5. The molecule has 114 valence electrons. The van der Waals surface area contributed by atoms with Crippen molar-refractivity contribution in [2.45, 2.75) is 84.1 Å². The van der Waals surface area contributed by atoms with Gasteiger partial charge in [0.1, 0.15) is 0 Å². The van der Waals surface area contributed by atoms with Crippen molar-refractivity contribution in [1.29, 1.82) is 0 Å². The predicted octanol–water partition coefficient (Wildman–Crippen LogP) is 4.53. The van der Waals surface area contributed by atoms with Crippen LogP contribution in [0.15, 0.2) is 0 Å². The van der Waals surface area contributed by atoms with Crippen LogP contribution in [0.3, 0.4) is 0 Å². The predicted molar refractivity (Wildman–Crippen MR) is 83.6 cm³/mol. The molecule has 0 aromatic carbocycles. The lowest BCUT2D eigenvalue weighted by atomic mass is 9.86. The number of hydrogen-bond donors (Lipinski definition) is 1. The standard InChI is InChI=1S/C17H35NO/c1-3-4-5-6-7-10-14-19-15-13-18-17-12-9-8-11-16(17)2/h16-18H,3-15H2,1-2H3. The second kappa shape index (κ2) is 11.7. The van der Waals surface area contributed by atoms with Crippen LogP contribution >= 0.6 is 0 Å². The highest BCUT2D eigenvalue weighted by Gasteiger charge is 2.19. The Morgan fingerprint density at radius 3 is 2.47 bits per heavy atom. The SMILES string of the molecule is CCCCCCCCOCCNC1CCCCC1C. The van der Waals surface area contributed by atoms with Crippen molar-refractivity contribution in [1.82, 2.24) is 5.32 Å². The Morgan fingerprint density at radius 2 is 1.68 bits per heavy atom. The molecule has 0 spiro atoms. The lowest BCUT2D eigenvalue weighted by molar-refractivity contribution is 0.125. The molecule has 0 aliphatic heterocycles. The Labute approximate surface area is 120 Å². The first-order chi connectivity index (χ1) is 9.34. The number of ether oxygens (including phenoxy) is 1. The average molecular weight is 269 g/mol. The van der Waals surface area contributed by atoms with Gasteiger partial charge >= 0.3 is 0 Å². The van der Waals surface area contributed by atoms with Gasteiger partial charge in [-0.3, -0.25) is 0 Å². The minimum atomic E-state index is 0.742. The largest absolute Gasteiger partial charge is 0.380 e. The van der Waals surface area contributed by atoms with E-state index in [2.05, 4.69) is 19.2 Å². The third-order valence-corrected chi connectivity index (χ3v) is 4.41. The van der Waals surface area contributed by atoms with Crippen LogP contribution in [0.4, 0.5) is 0 Å². The number of rotatable bonds is 11. The molecule has 2 unspecified atom stereocenters. The molecule has 0 amide bonds. The van der Waals surface area contributed by atoms with Crippen LogP contribution in [-0.4, -0.2) is 25.8 Å². The summed E-state index contributed by atoms with van der Waals surface area (Å²) >= 11 is 0. The van der Waals surface area contributed by atoms with Crippen molar-refractivity contribution >= 4 is 0 Å². The number of nitrogens with one attached hydrogen (secondary N) is 1. The Kier molecular flexibility index (Phi) is 10.5. The first-order valence-corrected chi connectivity index (χ1v) is 8.65. The zero-order valence-corrected chi connectivity index (χ0v) is 13.3. The highest BCUT2D eigenvalue weighted by Crippen LogP contribution is 2.23. The van der Waals surface area contributed by atoms with Crippen molar-refractivity contribution in [3.63, 3.8) is 0 Å². The van der Waals surface area contributed by atoms with Gasteiger partial charge in [-0.15, -0.1) is 0 Å². The minimum Gasteiger partial charge on any atom is -0.380 e. The smallest absolute Gasteiger partial charge is 0.0591 e. The fourth-order valence-electron chi connectivity index (χ4n) is 3.02. The quantitative estimate of drug-likeness (QED) is 0.556. The second-order valence-corrected chi connectivity index (χ2v) is 6.20. The Morgan fingerprint density at radius 1 is 0.947 bits per heavy atom. The van der Waals surface area contributed by atoms with E-state index >= 15 is 0 Å². The lowest BCUT2D eigenvalue weighted by Crippen LogP contribution is -2.38. The Balaban J connectivity index is 1.80. The van der Waals surface area contributed by atoms with Crippen LogP contribution in [0.25, 0.3) is 0 Å². The normalized spacial score (nSPS) is 23.7. The van der Waals surface area contributed by atoms with Crippen LogP contribution in [0.5, 0.6) is 0 Å². The third kappa shape index (κ3) is 8.65. The molecule has 1 aliphatic carbocycles. The van der Waals surface area contributed by atoms with E-state index in [0.29, 0.717) is 0 Å². The number of hydrogen-bond acceptors (Lipinski definition) is 2. The molecule has 1 fully saturated rings. The molecule has 2 nitrogen and oxygen atoms in total. The van der Waals surface area contributed by atoms with E-state index in [1.807, 2.05) is 0 Å². The zero-order chi connectivity index (χ0) is 13.8. The average Bonchev–Trinajstić information content (AvgIpc) is 2.43. The van der Waals surface area contributed by atoms with Crippen molar-refractivity contribution in [2.75, 3.05) is 19.8 Å². The van der Waals surface area contributed by atoms with Crippen LogP contribution in [0, 0.1) is 5.92 Å². The second-order valence-electron chi connectivity index (χ2n) is 6.20. The van der Waals surface area contributed by atoms with Gasteiger partial charge in [-0.05, 0) is 25.2 Å². The highest BCUT2D eigenvalue weighted by molar-refractivity contribution is 4.77. The summed E-state index contributed by atoms with van der Waals surface area (Å²) < 4.78 is 5.70. The van der Waals surface area contributed by atoms with Crippen LogP contribution in [0.1, 0.15) is 78.1 Å². The molecule has 1 saturated carbocycles. The molecule has 0 radical (unpaired) electrons. The molecule has 0 heterocycles. The summed E-state index contributed by atoms with van der Waals surface area (Å²) in [5.41, 5.74) is 0. The maximum Gasteiger partial charge on any atom is 0.0591 e. The molecule has 0 aromatic rings. The van der Waals surface area contributed by atoms with E-state index < -0.39 is 0 Å². The zero-order valence-electron chi connectivity index (χ0n) is 13.3. The Bertz CT molecular complexity index is 196.